The highest BCUT2D eigenvalue weighted by atomic mass is 32.1. The Morgan fingerprint density at radius 2 is 2.24 bits per heavy atom. The van der Waals surface area contributed by atoms with Crippen LogP contribution in [-0.2, 0) is 9.09 Å². The molecule has 0 saturated heterocycles. The van der Waals surface area contributed by atoms with Crippen molar-refractivity contribution in [1.29, 1.82) is 0 Å². The Balaban J connectivity index is 3.79. The van der Waals surface area contributed by atoms with Crippen molar-refractivity contribution in [2.75, 3.05) is 12.3 Å². The Morgan fingerprint density at radius 3 is 2.76 bits per heavy atom. The Bertz CT molecular complexity index is 274. The molecule has 0 radical (unpaired) electrons. The van der Waals surface area contributed by atoms with Gasteiger partial charge in [-0.3, -0.25) is 4.99 Å². The molecule has 0 aromatic heterocycles. The number of thiol groups is 1. The van der Waals surface area contributed by atoms with Gasteiger partial charge in [-0.05, 0) is 25.5 Å². The van der Waals surface area contributed by atoms with Crippen molar-refractivity contribution >= 4 is 26.7 Å². The average Bonchev–Trinajstić information content (AvgIpc) is 2.19. The standard InChI is InChI=1S/C9H19N2O4PS/c1-9(12,15-16(13)14)5-3-6-11-8(10)4-2-7-17/h12H,2-7H2,1H3,(H3-,10,11,13,14,17)/p+1. The normalized spacial score (nSPS) is 16.7. The summed E-state index contributed by atoms with van der Waals surface area (Å²) >= 11 is 4.06. The van der Waals surface area contributed by atoms with Crippen LogP contribution in [0.4, 0.5) is 0 Å². The van der Waals surface area contributed by atoms with E-state index in [1.54, 1.807) is 0 Å². The zero-order chi connectivity index (χ0) is 13.3. The van der Waals surface area contributed by atoms with Crippen LogP contribution in [0.1, 0.15) is 32.6 Å². The molecule has 0 saturated carbocycles. The van der Waals surface area contributed by atoms with Crippen LogP contribution in [0.5, 0.6) is 0 Å². The summed E-state index contributed by atoms with van der Waals surface area (Å²) in [6, 6.07) is 0. The van der Waals surface area contributed by atoms with Crippen molar-refractivity contribution in [3.8, 4) is 0 Å². The summed E-state index contributed by atoms with van der Waals surface area (Å²) in [5, 5.41) is 9.54. The number of nitrogens with two attached hydrogens (primary N) is 1. The van der Waals surface area contributed by atoms with E-state index in [2.05, 4.69) is 22.1 Å². The summed E-state index contributed by atoms with van der Waals surface area (Å²) in [5.41, 5.74) is 5.63. The maximum Gasteiger partial charge on any atom is 0.697 e. The second-order valence-corrected chi connectivity index (χ2v) is 4.91. The lowest BCUT2D eigenvalue weighted by Crippen LogP contribution is -2.25. The maximum absolute atomic E-state index is 10.4. The van der Waals surface area contributed by atoms with E-state index in [1.165, 1.54) is 6.92 Å². The first-order valence-electron chi connectivity index (χ1n) is 5.34. The fraction of sp³-hybridized carbons (Fsp3) is 0.889. The van der Waals surface area contributed by atoms with Crippen LogP contribution in [-0.4, -0.2) is 33.9 Å². The number of rotatable bonds is 9. The summed E-state index contributed by atoms with van der Waals surface area (Å²) in [6.07, 6.45) is 2.33. The van der Waals surface area contributed by atoms with Crippen LogP contribution in [0.15, 0.2) is 4.99 Å². The maximum atomic E-state index is 10.4. The first-order chi connectivity index (χ1) is 7.87. The molecule has 0 heterocycles. The number of hydrogen-bond donors (Lipinski definition) is 4. The van der Waals surface area contributed by atoms with Gasteiger partial charge in [0.15, 0.2) is 0 Å². The van der Waals surface area contributed by atoms with Gasteiger partial charge >= 0.3 is 8.25 Å². The summed E-state index contributed by atoms with van der Waals surface area (Å²) in [4.78, 5) is 12.6. The van der Waals surface area contributed by atoms with Gasteiger partial charge in [-0.2, -0.15) is 12.6 Å². The summed E-state index contributed by atoms with van der Waals surface area (Å²) in [6.45, 7) is 1.80. The number of aliphatic hydroxyl groups is 1. The molecule has 0 aromatic carbocycles. The fourth-order valence-electron chi connectivity index (χ4n) is 1.18. The Hall–Kier alpha value is -0.200. The molecular formula is C9H20N2O4PS+. The van der Waals surface area contributed by atoms with E-state index in [0.717, 1.165) is 12.2 Å². The summed E-state index contributed by atoms with van der Waals surface area (Å²) < 4.78 is 14.8. The van der Waals surface area contributed by atoms with Gasteiger partial charge in [-0.15, -0.1) is 4.89 Å². The largest absolute Gasteiger partial charge is 0.697 e. The minimum atomic E-state index is -2.80. The zero-order valence-corrected chi connectivity index (χ0v) is 11.7. The first kappa shape index (κ1) is 16.8. The minimum absolute atomic E-state index is 0.220. The predicted molar refractivity (Wildman–Crippen MR) is 70.3 cm³/mol. The van der Waals surface area contributed by atoms with Crippen LogP contribution in [0, 0.1) is 0 Å². The topological polar surface area (TPSA) is 105 Å². The Kier molecular flexibility index (Phi) is 8.72. The lowest BCUT2D eigenvalue weighted by molar-refractivity contribution is -0.127. The van der Waals surface area contributed by atoms with Crippen molar-refractivity contribution < 1.29 is 19.1 Å². The third-order valence-corrected chi connectivity index (χ3v) is 2.85. The molecule has 0 fully saturated rings. The van der Waals surface area contributed by atoms with E-state index in [-0.39, 0.29) is 6.42 Å². The lowest BCUT2D eigenvalue weighted by Gasteiger charge is -2.14. The van der Waals surface area contributed by atoms with Gasteiger partial charge in [0, 0.05) is 24.0 Å². The molecule has 0 spiro atoms. The highest BCUT2D eigenvalue weighted by Crippen LogP contribution is 2.27. The van der Waals surface area contributed by atoms with E-state index in [9.17, 15) is 9.67 Å². The quantitative estimate of drug-likeness (QED) is 0.127. The van der Waals surface area contributed by atoms with E-state index in [0.29, 0.717) is 25.2 Å². The van der Waals surface area contributed by atoms with Gasteiger partial charge in [0.2, 0.25) is 5.79 Å². The molecule has 8 heteroatoms. The van der Waals surface area contributed by atoms with Crippen molar-refractivity contribution in [3.05, 3.63) is 0 Å². The molecule has 6 nitrogen and oxygen atoms in total. The average molecular weight is 283 g/mol. The van der Waals surface area contributed by atoms with Gasteiger partial charge in [0.25, 0.3) is 0 Å². The van der Waals surface area contributed by atoms with Crippen LogP contribution in [0.3, 0.4) is 0 Å². The molecule has 0 aliphatic rings. The van der Waals surface area contributed by atoms with Crippen LogP contribution >= 0.6 is 20.9 Å². The third kappa shape index (κ3) is 10.7. The highest BCUT2D eigenvalue weighted by molar-refractivity contribution is 7.80. The van der Waals surface area contributed by atoms with Gasteiger partial charge in [0.05, 0.1) is 5.84 Å². The molecule has 0 aliphatic carbocycles. The van der Waals surface area contributed by atoms with E-state index >= 15 is 0 Å². The van der Waals surface area contributed by atoms with Gasteiger partial charge in [-0.25, -0.2) is 0 Å². The van der Waals surface area contributed by atoms with E-state index in [1.807, 2.05) is 0 Å². The fourth-order valence-corrected chi connectivity index (χ4v) is 1.77. The zero-order valence-electron chi connectivity index (χ0n) is 9.87. The molecule has 100 valence electrons. The minimum Gasteiger partial charge on any atom is -0.387 e. The van der Waals surface area contributed by atoms with Crippen LogP contribution < -0.4 is 5.73 Å². The SMILES string of the molecule is CC(O)(CCCN=C(N)CCCS)O[P+](=O)O. The molecule has 0 aromatic rings. The molecule has 17 heavy (non-hydrogen) atoms. The number of amidine groups is 1. The molecule has 2 atom stereocenters. The number of hydrogen-bond acceptors (Lipinski definition) is 5. The summed E-state index contributed by atoms with van der Waals surface area (Å²) in [7, 11) is -2.80. The third-order valence-electron chi connectivity index (χ3n) is 1.98. The molecule has 0 aliphatic heterocycles. The lowest BCUT2D eigenvalue weighted by atomic mass is 10.2. The number of nitrogens with zero attached hydrogens (tertiary/aromatic N) is 1. The second-order valence-electron chi connectivity index (χ2n) is 3.81. The van der Waals surface area contributed by atoms with E-state index < -0.39 is 14.0 Å². The second kappa shape index (κ2) is 8.83. The molecule has 4 N–H and O–H groups in total. The van der Waals surface area contributed by atoms with Crippen molar-refractivity contribution in [2.45, 2.75) is 38.4 Å². The van der Waals surface area contributed by atoms with Gasteiger partial charge in [-0.1, -0.05) is 4.52 Å². The van der Waals surface area contributed by atoms with Crippen molar-refractivity contribution in [1.82, 2.24) is 0 Å². The predicted octanol–water partition coefficient (Wildman–Crippen LogP) is 1.21. The Morgan fingerprint density at radius 1 is 1.59 bits per heavy atom. The molecular weight excluding hydrogens is 263 g/mol. The molecule has 2 unspecified atom stereocenters. The Labute approximate surface area is 108 Å². The molecule has 0 bridgehead atoms. The monoisotopic (exact) mass is 283 g/mol. The van der Waals surface area contributed by atoms with Gasteiger partial charge < -0.3 is 10.8 Å². The van der Waals surface area contributed by atoms with Crippen molar-refractivity contribution in [3.63, 3.8) is 0 Å². The first-order valence-corrected chi connectivity index (χ1v) is 7.11. The molecule has 0 rings (SSSR count). The number of aliphatic imine (C=N–C) groups is 1. The van der Waals surface area contributed by atoms with Crippen molar-refractivity contribution in [2.24, 2.45) is 10.7 Å². The highest BCUT2D eigenvalue weighted by Gasteiger charge is 2.32. The smallest absolute Gasteiger partial charge is 0.387 e. The molecule has 0 amide bonds. The summed E-state index contributed by atoms with van der Waals surface area (Å²) in [5.74, 6) is -0.271. The van der Waals surface area contributed by atoms with Crippen LogP contribution in [0.25, 0.3) is 0 Å². The van der Waals surface area contributed by atoms with Gasteiger partial charge in [0.1, 0.15) is 0 Å². The van der Waals surface area contributed by atoms with E-state index in [4.69, 9.17) is 10.6 Å². The van der Waals surface area contributed by atoms with Crippen LogP contribution in [0.2, 0.25) is 0 Å².